The second-order valence-electron chi connectivity index (χ2n) is 4.44. The number of halogens is 2. The number of hydrogen-bond acceptors (Lipinski definition) is 3. The molecule has 2 rings (SSSR count). The molecule has 0 saturated heterocycles. The molecule has 0 aliphatic rings. The van der Waals surface area contributed by atoms with Crippen molar-refractivity contribution in [2.24, 2.45) is 5.84 Å². The third-order valence-electron chi connectivity index (χ3n) is 3.11. The van der Waals surface area contributed by atoms with Crippen molar-refractivity contribution < 1.29 is 4.74 Å². The van der Waals surface area contributed by atoms with E-state index in [1.165, 1.54) is 5.56 Å². The predicted molar refractivity (Wildman–Crippen MR) is 88.6 cm³/mol. The van der Waals surface area contributed by atoms with E-state index in [-0.39, 0.29) is 6.04 Å². The van der Waals surface area contributed by atoms with Crippen LogP contribution >= 0.6 is 31.9 Å². The van der Waals surface area contributed by atoms with E-state index in [0.717, 1.165) is 26.7 Å². The molecule has 0 bridgehead atoms. The second kappa shape index (κ2) is 7.22. The van der Waals surface area contributed by atoms with Crippen LogP contribution in [0.4, 0.5) is 0 Å². The average Bonchev–Trinajstić information content (AvgIpc) is 2.47. The Morgan fingerprint density at radius 2 is 2.00 bits per heavy atom. The molecule has 0 aliphatic heterocycles. The van der Waals surface area contributed by atoms with Gasteiger partial charge < -0.3 is 4.74 Å². The van der Waals surface area contributed by atoms with Crippen molar-refractivity contribution >= 4 is 31.9 Å². The van der Waals surface area contributed by atoms with Crippen molar-refractivity contribution in [3.05, 3.63) is 62.5 Å². The molecule has 1 atom stereocenters. The molecule has 0 spiro atoms. The molecule has 0 saturated carbocycles. The first-order valence-corrected chi connectivity index (χ1v) is 7.76. The van der Waals surface area contributed by atoms with Crippen LogP contribution in [0.15, 0.2) is 51.4 Å². The van der Waals surface area contributed by atoms with Crippen molar-refractivity contribution in [1.29, 1.82) is 0 Å². The fourth-order valence-electron chi connectivity index (χ4n) is 2.08. The van der Waals surface area contributed by atoms with Crippen molar-refractivity contribution in [2.45, 2.75) is 12.5 Å². The van der Waals surface area contributed by atoms with Crippen molar-refractivity contribution in [1.82, 2.24) is 5.43 Å². The summed E-state index contributed by atoms with van der Waals surface area (Å²) in [7, 11) is 1.67. The summed E-state index contributed by atoms with van der Waals surface area (Å²) in [5, 5.41) is 0. The van der Waals surface area contributed by atoms with E-state index < -0.39 is 0 Å². The molecule has 0 fully saturated rings. The van der Waals surface area contributed by atoms with Gasteiger partial charge >= 0.3 is 0 Å². The van der Waals surface area contributed by atoms with Crippen molar-refractivity contribution in [3.8, 4) is 5.75 Å². The topological polar surface area (TPSA) is 47.3 Å². The lowest BCUT2D eigenvalue weighted by Crippen LogP contribution is -2.29. The minimum atomic E-state index is 0.0222. The van der Waals surface area contributed by atoms with Crippen LogP contribution in [0.5, 0.6) is 5.75 Å². The van der Waals surface area contributed by atoms with Crippen LogP contribution in [0.3, 0.4) is 0 Å². The maximum absolute atomic E-state index is 5.72. The number of hydrazine groups is 1. The summed E-state index contributed by atoms with van der Waals surface area (Å²) in [5.41, 5.74) is 5.16. The Labute approximate surface area is 135 Å². The van der Waals surface area contributed by atoms with E-state index in [0.29, 0.717) is 0 Å². The molecule has 5 heteroatoms. The quantitative estimate of drug-likeness (QED) is 0.590. The summed E-state index contributed by atoms with van der Waals surface area (Å²) in [6, 6.07) is 14.1. The second-order valence-corrected chi connectivity index (χ2v) is 6.21. The lowest BCUT2D eigenvalue weighted by Gasteiger charge is -2.18. The first-order valence-electron chi connectivity index (χ1n) is 6.18. The average molecular weight is 400 g/mol. The summed E-state index contributed by atoms with van der Waals surface area (Å²) >= 11 is 7.06. The summed E-state index contributed by atoms with van der Waals surface area (Å²) in [4.78, 5) is 0. The van der Waals surface area contributed by atoms with Crippen LogP contribution in [-0.2, 0) is 6.42 Å². The molecule has 0 aromatic heterocycles. The molecule has 0 heterocycles. The number of nitrogens with one attached hydrogen (secondary N) is 1. The van der Waals surface area contributed by atoms with Gasteiger partial charge in [0, 0.05) is 8.95 Å². The van der Waals surface area contributed by atoms with Gasteiger partial charge in [0.2, 0.25) is 0 Å². The largest absolute Gasteiger partial charge is 0.497 e. The maximum atomic E-state index is 5.72. The number of hydrogen-bond donors (Lipinski definition) is 2. The molecule has 3 N–H and O–H groups in total. The third kappa shape index (κ3) is 3.82. The number of methoxy groups -OCH3 is 1. The van der Waals surface area contributed by atoms with Gasteiger partial charge in [0.25, 0.3) is 0 Å². The molecule has 1 unspecified atom stereocenters. The standard InChI is InChI=1S/C15H16Br2N2O/c1-20-12-4-2-3-10(7-12)8-15(19-18)13-9-11(16)5-6-14(13)17/h2-7,9,15,19H,8,18H2,1H3. The minimum absolute atomic E-state index is 0.0222. The van der Waals surface area contributed by atoms with E-state index in [9.17, 15) is 0 Å². The van der Waals surface area contributed by atoms with Gasteiger partial charge in [-0.2, -0.15) is 0 Å². The zero-order valence-corrected chi connectivity index (χ0v) is 14.2. The first kappa shape index (κ1) is 15.5. The van der Waals surface area contributed by atoms with E-state index >= 15 is 0 Å². The zero-order valence-electron chi connectivity index (χ0n) is 11.1. The molecule has 2 aromatic rings. The van der Waals surface area contributed by atoms with Gasteiger partial charge in [-0.3, -0.25) is 11.3 Å². The number of benzene rings is 2. The monoisotopic (exact) mass is 398 g/mol. The van der Waals surface area contributed by atoms with Gasteiger partial charge in [-0.05, 0) is 47.9 Å². The Bertz CT molecular complexity index is 590. The zero-order chi connectivity index (χ0) is 14.5. The Morgan fingerprint density at radius 1 is 1.20 bits per heavy atom. The van der Waals surface area contributed by atoms with Gasteiger partial charge in [0.15, 0.2) is 0 Å². The van der Waals surface area contributed by atoms with E-state index in [4.69, 9.17) is 10.6 Å². The molecule has 2 aromatic carbocycles. The highest BCUT2D eigenvalue weighted by molar-refractivity contribution is 9.11. The van der Waals surface area contributed by atoms with Gasteiger partial charge in [-0.1, -0.05) is 44.0 Å². The third-order valence-corrected chi connectivity index (χ3v) is 4.32. The van der Waals surface area contributed by atoms with E-state index in [1.807, 2.05) is 30.3 Å². The number of rotatable bonds is 5. The van der Waals surface area contributed by atoms with Gasteiger partial charge in [0.1, 0.15) is 5.75 Å². The van der Waals surface area contributed by atoms with E-state index in [1.54, 1.807) is 7.11 Å². The first-order chi connectivity index (χ1) is 9.63. The van der Waals surface area contributed by atoms with Crippen molar-refractivity contribution in [3.63, 3.8) is 0 Å². The minimum Gasteiger partial charge on any atom is -0.497 e. The SMILES string of the molecule is COc1cccc(CC(NN)c2cc(Br)ccc2Br)c1. The van der Waals surface area contributed by atoms with Crippen LogP contribution in [0.2, 0.25) is 0 Å². The van der Waals surface area contributed by atoms with Crippen LogP contribution in [0.25, 0.3) is 0 Å². The fraction of sp³-hybridized carbons (Fsp3) is 0.200. The van der Waals surface area contributed by atoms with Gasteiger partial charge in [0.05, 0.1) is 13.2 Å². The Balaban J connectivity index is 2.26. The maximum Gasteiger partial charge on any atom is 0.119 e. The van der Waals surface area contributed by atoms with Crippen LogP contribution in [0, 0.1) is 0 Å². The normalized spacial score (nSPS) is 12.2. The van der Waals surface area contributed by atoms with Gasteiger partial charge in [-0.25, -0.2) is 0 Å². The van der Waals surface area contributed by atoms with E-state index in [2.05, 4.69) is 49.4 Å². The summed E-state index contributed by atoms with van der Waals surface area (Å²) in [6.07, 6.45) is 0.781. The van der Waals surface area contributed by atoms with Crippen LogP contribution in [-0.4, -0.2) is 7.11 Å². The van der Waals surface area contributed by atoms with Gasteiger partial charge in [-0.15, -0.1) is 0 Å². The summed E-state index contributed by atoms with van der Waals surface area (Å²) < 4.78 is 7.31. The molecule has 0 amide bonds. The summed E-state index contributed by atoms with van der Waals surface area (Å²) in [6.45, 7) is 0. The Kier molecular flexibility index (Phi) is 5.60. The lowest BCUT2D eigenvalue weighted by atomic mass is 9.99. The smallest absolute Gasteiger partial charge is 0.119 e. The molecule has 0 aliphatic carbocycles. The highest BCUT2D eigenvalue weighted by atomic mass is 79.9. The molecular weight excluding hydrogens is 384 g/mol. The number of nitrogens with two attached hydrogens (primary N) is 1. The molecule has 0 radical (unpaired) electrons. The molecule has 20 heavy (non-hydrogen) atoms. The fourth-order valence-corrected chi connectivity index (χ4v) is 2.98. The molecule has 3 nitrogen and oxygen atoms in total. The molecular formula is C15H16Br2N2O. The van der Waals surface area contributed by atoms with Crippen molar-refractivity contribution in [2.75, 3.05) is 7.11 Å². The van der Waals surface area contributed by atoms with Crippen LogP contribution in [0.1, 0.15) is 17.2 Å². The molecule has 106 valence electrons. The predicted octanol–water partition coefficient (Wildman–Crippen LogP) is 3.97. The Hall–Kier alpha value is -0.880. The lowest BCUT2D eigenvalue weighted by molar-refractivity contribution is 0.414. The Morgan fingerprint density at radius 3 is 2.70 bits per heavy atom. The number of ether oxygens (including phenoxy) is 1. The summed E-state index contributed by atoms with van der Waals surface area (Å²) in [5.74, 6) is 6.58. The van der Waals surface area contributed by atoms with Crippen LogP contribution < -0.4 is 16.0 Å². The highest BCUT2D eigenvalue weighted by Crippen LogP contribution is 2.29. The highest BCUT2D eigenvalue weighted by Gasteiger charge is 2.14.